The van der Waals surface area contributed by atoms with Crippen molar-refractivity contribution in [3.8, 4) is 0 Å². The molecule has 96 valence electrons. The van der Waals surface area contributed by atoms with Crippen molar-refractivity contribution in [1.29, 1.82) is 0 Å². The zero-order chi connectivity index (χ0) is 12.8. The first-order chi connectivity index (χ1) is 9.36. The van der Waals surface area contributed by atoms with Crippen LogP contribution in [0.2, 0.25) is 0 Å². The van der Waals surface area contributed by atoms with Gasteiger partial charge in [-0.3, -0.25) is 0 Å². The van der Waals surface area contributed by atoms with E-state index in [1.807, 2.05) is 16.9 Å². The maximum Gasteiger partial charge on any atom is 0.104 e. The molecule has 1 aliphatic heterocycles. The number of aromatic nitrogens is 1. The van der Waals surface area contributed by atoms with Crippen LogP contribution in [0.3, 0.4) is 0 Å². The second-order valence-corrected chi connectivity index (χ2v) is 4.90. The Labute approximate surface area is 111 Å². The van der Waals surface area contributed by atoms with E-state index >= 15 is 0 Å². The summed E-state index contributed by atoms with van der Waals surface area (Å²) in [6.45, 7) is 0.947. The normalized spacial score (nSPS) is 21.0. The van der Waals surface area contributed by atoms with Crippen LogP contribution in [0.1, 0.15) is 5.69 Å². The zero-order valence-electron chi connectivity index (χ0n) is 10.7. The first-order valence-electron chi connectivity index (χ1n) is 6.44. The molecule has 1 saturated heterocycles. The Balaban J connectivity index is 1.88. The molecular weight excluding hydrogens is 238 g/mol. The number of fused-ring (bicyclic) bond motifs is 2. The molecule has 2 heterocycles. The molecule has 0 bridgehead atoms. The number of allylic oxidation sites excluding steroid dienone is 2. The van der Waals surface area contributed by atoms with E-state index in [0.29, 0.717) is 5.92 Å². The van der Waals surface area contributed by atoms with Crippen LogP contribution in [-0.2, 0) is 0 Å². The quantitative estimate of drug-likeness (QED) is 0.855. The fraction of sp³-hybridized carbons (Fsp3) is 0.200. The smallest absolute Gasteiger partial charge is 0.104 e. The molecule has 4 nitrogen and oxygen atoms in total. The van der Waals surface area contributed by atoms with Gasteiger partial charge in [0.15, 0.2) is 0 Å². The number of hydrogen-bond acceptors (Lipinski definition) is 3. The van der Waals surface area contributed by atoms with Crippen LogP contribution < -0.4 is 15.7 Å². The highest BCUT2D eigenvalue weighted by molar-refractivity contribution is 5.88. The molecule has 0 spiro atoms. The van der Waals surface area contributed by atoms with E-state index in [4.69, 9.17) is 4.84 Å². The number of para-hydroxylation sites is 1. The molecule has 2 aromatic rings. The third kappa shape index (κ3) is 1.50. The molecule has 1 aliphatic carbocycles. The lowest BCUT2D eigenvalue weighted by Crippen LogP contribution is -2.20. The number of benzene rings is 1. The predicted octanol–water partition coefficient (Wildman–Crippen LogP) is 1.70. The number of nitrogens with one attached hydrogen (secondary N) is 2. The van der Waals surface area contributed by atoms with Gasteiger partial charge in [-0.15, -0.1) is 0 Å². The van der Waals surface area contributed by atoms with E-state index in [-0.39, 0.29) is 0 Å². The van der Waals surface area contributed by atoms with Gasteiger partial charge in [0.2, 0.25) is 0 Å². The first-order valence-corrected chi connectivity index (χ1v) is 6.44. The van der Waals surface area contributed by atoms with Crippen molar-refractivity contribution in [2.24, 2.45) is 5.92 Å². The lowest BCUT2D eigenvalue weighted by atomic mass is 10.1. The van der Waals surface area contributed by atoms with Crippen LogP contribution in [0.5, 0.6) is 0 Å². The lowest BCUT2D eigenvalue weighted by Gasteiger charge is -2.08. The largest absolute Gasteiger partial charge is 0.417 e. The highest BCUT2D eigenvalue weighted by Crippen LogP contribution is 2.33. The summed E-state index contributed by atoms with van der Waals surface area (Å²) in [5, 5.41) is 1.20. The van der Waals surface area contributed by atoms with Gasteiger partial charge in [-0.2, -0.15) is 4.73 Å². The van der Waals surface area contributed by atoms with Gasteiger partial charge < -0.3 is 10.3 Å². The number of nitrogens with zero attached hydrogens (tertiary/aromatic N) is 1. The molecule has 2 N–H and O–H groups in total. The SMILES string of the molecule is COn1c(C2=CC3CNNC3=C2)cc2ccccc21. The molecule has 4 heteroatoms. The van der Waals surface area contributed by atoms with Crippen LogP contribution in [0, 0.1) is 5.92 Å². The molecule has 2 aliphatic rings. The molecule has 4 rings (SSSR count). The van der Waals surface area contributed by atoms with Gasteiger partial charge in [0, 0.05) is 29.1 Å². The summed E-state index contributed by atoms with van der Waals surface area (Å²) in [6, 6.07) is 10.4. The van der Waals surface area contributed by atoms with Gasteiger partial charge in [0.25, 0.3) is 0 Å². The molecule has 0 saturated carbocycles. The minimum Gasteiger partial charge on any atom is -0.417 e. The first kappa shape index (κ1) is 10.7. The van der Waals surface area contributed by atoms with Crippen molar-refractivity contribution >= 4 is 16.5 Å². The van der Waals surface area contributed by atoms with Crippen molar-refractivity contribution in [3.05, 3.63) is 53.9 Å². The van der Waals surface area contributed by atoms with Crippen LogP contribution in [0.15, 0.2) is 48.2 Å². The third-order valence-electron chi connectivity index (χ3n) is 3.79. The van der Waals surface area contributed by atoms with Gasteiger partial charge >= 0.3 is 0 Å². The summed E-state index contributed by atoms with van der Waals surface area (Å²) in [7, 11) is 1.71. The average molecular weight is 253 g/mol. The molecular formula is C15H15N3O. The van der Waals surface area contributed by atoms with Crippen molar-refractivity contribution in [3.63, 3.8) is 0 Å². The van der Waals surface area contributed by atoms with Gasteiger partial charge in [0.05, 0.1) is 11.2 Å². The molecule has 0 amide bonds. The van der Waals surface area contributed by atoms with E-state index in [2.05, 4.69) is 41.2 Å². The minimum absolute atomic E-state index is 0.457. The zero-order valence-corrected chi connectivity index (χ0v) is 10.7. The molecule has 19 heavy (non-hydrogen) atoms. The Morgan fingerprint density at radius 3 is 3.05 bits per heavy atom. The molecule has 1 aromatic heterocycles. The molecule has 0 radical (unpaired) electrons. The topological polar surface area (TPSA) is 38.2 Å². The van der Waals surface area contributed by atoms with Crippen LogP contribution in [0.4, 0.5) is 0 Å². The summed E-state index contributed by atoms with van der Waals surface area (Å²) < 4.78 is 1.90. The van der Waals surface area contributed by atoms with E-state index in [0.717, 1.165) is 17.8 Å². The van der Waals surface area contributed by atoms with Crippen LogP contribution in [0.25, 0.3) is 16.5 Å². The second-order valence-electron chi connectivity index (χ2n) is 4.90. The van der Waals surface area contributed by atoms with Crippen molar-refractivity contribution in [2.75, 3.05) is 13.7 Å². The van der Waals surface area contributed by atoms with Gasteiger partial charge in [-0.05, 0) is 18.2 Å². The van der Waals surface area contributed by atoms with E-state index in [1.54, 1.807) is 7.11 Å². The number of hydrazine groups is 1. The molecule has 1 atom stereocenters. The summed E-state index contributed by atoms with van der Waals surface area (Å²) >= 11 is 0. The van der Waals surface area contributed by atoms with Gasteiger partial charge in [-0.1, -0.05) is 24.3 Å². The van der Waals surface area contributed by atoms with E-state index in [1.165, 1.54) is 16.7 Å². The average Bonchev–Trinajstić information content (AvgIpc) is 3.09. The van der Waals surface area contributed by atoms with Crippen molar-refractivity contribution in [1.82, 2.24) is 15.6 Å². The Bertz CT molecular complexity index is 711. The molecule has 1 unspecified atom stereocenters. The molecule has 1 fully saturated rings. The highest BCUT2D eigenvalue weighted by atomic mass is 16.6. The summed E-state index contributed by atoms with van der Waals surface area (Å²) in [6.07, 6.45) is 4.47. The predicted molar refractivity (Wildman–Crippen MR) is 75.1 cm³/mol. The fourth-order valence-electron chi connectivity index (χ4n) is 2.88. The Morgan fingerprint density at radius 2 is 2.21 bits per heavy atom. The van der Waals surface area contributed by atoms with Gasteiger partial charge in [0.1, 0.15) is 7.11 Å². The van der Waals surface area contributed by atoms with E-state index in [9.17, 15) is 0 Å². The standard InChI is InChI=1S/C15H15N3O/c1-19-18-14-5-3-2-4-10(14)8-15(18)11-6-12-9-16-17-13(12)7-11/h2-8,12,16-17H,9H2,1H3. The summed E-state index contributed by atoms with van der Waals surface area (Å²) in [4.78, 5) is 5.54. The maximum absolute atomic E-state index is 5.54. The minimum atomic E-state index is 0.457. The summed E-state index contributed by atoms with van der Waals surface area (Å²) in [5.41, 5.74) is 11.0. The lowest BCUT2D eigenvalue weighted by molar-refractivity contribution is 0.177. The number of rotatable bonds is 2. The van der Waals surface area contributed by atoms with E-state index < -0.39 is 0 Å². The monoisotopic (exact) mass is 253 g/mol. The Morgan fingerprint density at radius 1 is 1.32 bits per heavy atom. The van der Waals surface area contributed by atoms with Gasteiger partial charge in [-0.25, -0.2) is 5.43 Å². The fourth-order valence-corrected chi connectivity index (χ4v) is 2.88. The van der Waals surface area contributed by atoms with Crippen LogP contribution in [-0.4, -0.2) is 18.4 Å². The number of hydrogen-bond donors (Lipinski definition) is 2. The van der Waals surface area contributed by atoms with Crippen molar-refractivity contribution < 1.29 is 4.84 Å². The summed E-state index contributed by atoms with van der Waals surface area (Å²) in [5.74, 6) is 0.457. The maximum atomic E-state index is 5.54. The Kier molecular flexibility index (Phi) is 2.19. The third-order valence-corrected chi connectivity index (χ3v) is 3.79. The molecule has 1 aromatic carbocycles. The Hall–Kier alpha value is -2.20. The second kappa shape index (κ2) is 3.90. The van der Waals surface area contributed by atoms with Crippen LogP contribution >= 0.6 is 0 Å². The highest BCUT2D eigenvalue weighted by Gasteiger charge is 2.26. The van der Waals surface area contributed by atoms with Crippen molar-refractivity contribution in [2.45, 2.75) is 0 Å².